The van der Waals surface area contributed by atoms with Gasteiger partial charge in [0.25, 0.3) is 0 Å². The lowest BCUT2D eigenvalue weighted by atomic mass is 10.3. The van der Waals surface area contributed by atoms with E-state index in [1.54, 1.807) is 0 Å². The highest BCUT2D eigenvalue weighted by Gasteiger charge is 2.10. The number of aliphatic imine (C=N–C) groups is 1. The van der Waals surface area contributed by atoms with Crippen LogP contribution in [0.1, 0.15) is 33.1 Å². The van der Waals surface area contributed by atoms with E-state index >= 15 is 0 Å². The van der Waals surface area contributed by atoms with Crippen LogP contribution in [0.5, 0.6) is 0 Å². The van der Waals surface area contributed by atoms with Gasteiger partial charge in [-0.05, 0) is 39.2 Å². The molecule has 1 rings (SSSR count). The second kappa shape index (κ2) is 4.85. The maximum absolute atomic E-state index is 4.43. The zero-order valence-corrected chi connectivity index (χ0v) is 8.72. The Morgan fingerprint density at radius 2 is 2.15 bits per heavy atom. The van der Waals surface area contributed by atoms with Crippen LogP contribution in [-0.2, 0) is 0 Å². The highest BCUT2D eigenvalue weighted by Crippen LogP contribution is 2.24. The summed E-state index contributed by atoms with van der Waals surface area (Å²) >= 11 is 0. The van der Waals surface area contributed by atoms with Crippen molar-refractivity contribution in [3.63, 3.8) is 0 Å². The van der Waals surface area contributed by atoms with E-state index in [0.29, 0.717) is 0 Å². The second-order valence-electron chi connectivity index (χ2n) is 3.55. The maximum atomic E-state index is 4.43. The van der Waals surface area contributed by atoms with Gasteiger partial charge in [-0.2, -0.15) is 0 Å². The van der Waals surface area contributed by atoms with Crippen molar-refractivity contribution in [3.05, 3.63) is 23.0 Å². The molecule has 0 saturated heterocycles. The first-order valence-electron chi connectivity index (χ1n) is 4.81. The van der Waals surface area contributed by atoms with E-state index in [1.165, 1.54) is 23.4 Å². The van der Waals surface area contributed by atoms with Crippen LogP contribution in [0.25, 0.3) is 0 Å². The van der Waals surface area contributed by atoms with Gasteiger partial charge >= 0.3 is 0 Å². The molecule has 0 bridgehead atoms. The predicted molar refractivity (Wildman–Crippen MR) is 57.9 cm³/mol. The molecule has 2 heteroatoms. The summed E-state index contributed by atoms with van der Waals surface area (Å²) in [5, 5.41) is 3.20. The first-order chi connectivity index (χ1) is 6.24. The van der Waals surface area contributed by atoms with Gasteiger partial charge in [-0.25, -0.2) is 0 Å². The van der Waals surface area contributed by atoms with Gasteiger partial charge in [0, 0.05) is 19.0 Å². The molecule has 0 radical (unpaired) electrons. The zero-order chi connectivity index (χ0) is 9.68. The largest absolute Gasteiger partial charge is 0.390 e. The Hall–Kier alpha value is -1.05. The van der Waals surface area contributed by atoms with Crippen molar-refractivity contribution in [2.24, 2.45) is 4.99 Å². The molecule has 0 atom stereocenters. The summed E-state index contributed by atoms with van der Waals surface area (Å²) in [6, 6.07) is 0. The lowest BCUT2D eigenvalue weighted by Crippen LogP contribution is -2.04. The molecular weight excluding hydrogens is 160 g/mol. The van der Waals surface area contributed by atoms with Crippen LogP contribution in [0.4, 0.5) is 0 Å². The molecule has 0 aromatic heterocycles. The Balaban J connectivity index is 2.62. The van der Waals surface area contributed by atoms with Gasteiger partial charge in [0.1, 0.15) is 0 Å². The Labute approximate surface area is 80.4 Å². The van der Waals surface area contributed by atoms with Crippen LogP contribution < -0.4 is 5.32 Å². The zero-order valence-electron chi connectivity index (χ0n) is 8.72. The van der Waals surface area contributed by atoms with Crippen molar-refractivity contribution >= 4 is 6.21 Å². The Morgan fingerprint density at radius 3 is 2.77 bits per heavy atom. The first-order valence-corrected chi connectivity index (χ1v) is 4.81. The Kier molecular flexibility index (Phi) is 3.74. The molecule has 1 aliphatic rings. The van der Waals surface area contributed by atoms with Gasteiger partial charge in [-0.1, -0.05) is 5.57 Å². The number of allylic oxidation sites excluding steroid dienone is 4. The summed E-state index contributed by atoms with van der Waals surface area (Å²) in [5.41, 5.74) is 3.81. The molecule has 0 amide bonds. The van der Waals surface area contributed by atoms with Gasteiger partial charge < -0.3 is 5.32 Å². The van der Waals surface area contributed by atoms with Gasteiger partial charge in [0.15, 0.2) is 0 Å². The highest BCUT2D eigenvalue weighted by atomic mass is 14.9. The quantitative estimate of drug-likeness (QED) is 0.660. The molecule has 0 aromatic rings. The van der Waals surface area contributed by atoms with E-state index in [9.17, 15) is 0 Å². The smallest absolute Gasteiger partial charge is 0.0592 e. The third-order valence-electron chi connectivity index (χ3n) is 2.13. The van der Waals surface area contributed by atoms with Crippen LogP contribution in [-0.4, -0.2) is 13.3 Å². The molecule has 72 valence electrons. The van der Waals surface area contributed by atoms with Crippen molar-refractivity contribution in [2.45, 2.75) is 33.1 Å². The van der Waals surface area contributed by atoms with E-state index in [-0.39, 0.29) is 0 Å². The molecule has 0 heterocycles. The van der Waals surface area contributed by atoms with E-state index in [1.807, 2.05) is 19.3 Å². The molecule has 0 unspecified atom stereocenters. The second-order valence-corrected chi connectivity index (χ2v) is 3.55. The normalized spacial score (nSPS) is 16.8. The molecule has 1 aliphatic carbocycles. The molecule has 1 N–H and O–H groups in total. The molecular formula is C11H18N2. The van der Waals surface area contributed by atoms with E-state index < -0.39 is 0 Å². The van der Waals surface area contributed by atoms with Gasteiger partial charge in [-0.15, -0.1) is 0 Å². The summed E-state index contributed by atoms with van der Waals surface area (Å²) in [6.07, 6.45) is 7.44. The maximum Gasteiger partial charge on any atom is 0.0592 e. The SMILES string of the molecule is CNC1=C(N=CC=C(C)C)CCC1. The summed E-state index contributed by atoms with van der Waals surface area (Å²) in [5.74, 6) is 0. The van der Waals surface area contributed by atoms with Crippen LogP contribution in [0.15, 0.2) is 28.0 Å². The molecule has 2 nitrogen and oxygen atoms in total. The number of rotatable bonds is 3. The van der Waals surface area contributed by atoms with Crippen LogP contribution >= 0.6 is 0 Å². The van der Waals surface area contributed by atoms with E-state index in [2.05, 4.69) is 24.2 Å². The summed E-state index contributed by atoms with van der Waals surface area (Å²) in [4.78, 5) is 4.43. The monoisotopic (exact) mass is 178 g/mol. The van der Waals surface area contributed by atoms with E-state index in [4.69, 9.17) is 0 Å². The average molecular weight is 178 g/mol. The Bertz CT molecular complexity index is 255. The minimum absolute atomic E-state index is 1.11. The number of nitrogens with one attached hydrogen (secondary N) is 1. The average Bonchev–Trinajstić information content (AvgIpc) is 2.51. The summed E-state index contributed by atoms with van der Waals surface area (Å²) < 4.78 is 0. The number of hydrogen-bond donors (Lipinski definition) is 1. The third-order valence-corrected chi connectivity index (χ3v) is 2.13. The van der Waals surface area contributed by atoms with Crippen molar-refractivity contribution in [3.8, 4) is 0 Å². The standard InChI is InChI=1S/C11H18N2/c1-9(2)7-8-13-11-6-4-5-10(11)12-3/h7-8,12H,4-6H2,1-3H3. The number of nitrogens with zero attached hydrogens (tertiary/aromatic N) is 1. The minimum Gasteiger partial charge on any atom is -0.390 e. The van der Waals surface area contributed by atoms with E-state index in [0.717, 1.165) is 12.8 Å². The molecule has 0 aliphatic heterocycles. The molecule has 0 aromatic carbocycles. The highest BCUT2D eigenvalue weighted by molar-refractivity contribution is 5.73. The number of hydrogen-bond acceptors (Lipinski definition) is 2. The Morgan fingerprint density at radius 1 is 1.38 bits per heavy atom. The third kappa shape index (κ3) is 3.05. The van der Waals surface area contributed by atoms with Crippen molar-refractivity contribution in [1.82, 2.24) is 5.32 Å². The van der Waals surface area contributed by atoms with Gasteiger partial charge in [-0.3, -0.25) is 4.99 Å². The first kappa shape index (κ1) is 10.0. The molecule has 0 spiro atoms. The molecule has 0 fully saturated rings. The minimum atomic E-state index is 1.11. The fourth-order valence-corrected chi connectivity index (χ4v) is 1.42. The van der Waals surface area contributed by atoms with Crippen molar-refractivity contribution in [1.29, 1.82) is 0 Å². The summed E-state index contributed by atoms with van der Waals surface area (Å²) in [7, 11) is 1.97. The van der Waals surface area contributed by atoms with Crippen LogP contribution in [0.3, 0.4) is 0 Å². The summed E-state index contributed by atoms with van der Waals surface area (Å²) in [6.45, 7) is 4.15. The lowest BCUT2D eigenvalue weighted by Gasteiger charge is -2.00. The van der Waals surface area contributed by atoms with Gasteiger partial charge in [0.2, 0.25) is 0 Å². The van der Waals surface area contributed by atoms with Crippen molar-refractivity contribution in [2.75, 3.05) is 7.05 Å². The van der Waals surface area contributed by atoms with Crippen LogP contribution in [0.2, 0.25) is 0 Å². The van der Waals surface area contributed by atoms with Crippen LogP contribution in [0, 0.1) is 0 Å². The molecule has 0 saturated carbocycles. The lowest BCUT2D eigenvalue weighted by molar-refractivity contribution is 0.846. The van der Waals surface area contributed by atoms with Crippen molar-refractivity contribution < 1.29 is 0 Å². The topological polar surface area (TPSA) is 24.4 Å². The molecule has 13 heavy (non-hydrogen) atoms. The fraction of sp³-hybridized carbons (Fsp3) is 0.545. The fourth-order valence-electron chi connectivity index (χ4n) is 1.42. The van der Waals surface area contributed by atoms with Gasteiger partial charge in [0.05, 0.1) is 5.70 Å². The predicted octanol–water partition coefficient (Wildman–Crippen LogP) is 2.64.